The summed E-state index contributed by atoms with van der Waals surface area (Å²) in [5.41, 5.74) is 0. The topological polar surface area (TPSA) is 237 Å². The fraction of sp³-hybridized carbons (Fsp3) is 0.949. The Hall–Kier alpha value is -1.94. The molecule has 0 heterocycles. The summed E-state index contributed by atoms with van der Waals surface area (Å²) in [4.78, 5) is 72.9. The van der Waals surface area contributed by atoms with Crippen molar-refractivity contribution >= 4 is 39.5 Å². The standard InChI is InChI=1S/C78H152O17P2/c1-9-69(6)55-47-39-31-24-20-16-12-14-18-22-26-33-42-50-58-75(80)88-64-73(94-77(82)60-52-44-34-27-23-19-15-13-17-21-25-32-40-48-56-70(7)10-2)66-92-96(84,85)90-62-72(79)63-91-97(86,87)93-67-74(65-89-76(81)59-51-43-37-36-41-49-57-71(8)11-3)95-78(83)61-53-45-35-29-28-30-38-46-54-68(4)5/h68-74,79H,9-67H2,1-8H3,(H,84,85)(H,86,87)/t69?,70?,71?,72-,73-,74-/m1/s1. The van der Waals surface area contributed by atoms with Gasteiger partial charge in [-0.2, -0.15) is 0 Å². The van der Waals surface area contributed by atoms with Gasteiger partial charge in [0.25, 0.3) is 0 Å². The summed E-state index contributed by atoms with van der Waals surface area (Å²) in [6, 6.07) is 0. The van der Waals surface area contributed by atoms with E-state index in [1.165, 1.54) is 193 Å². The van der Waals surface area contributed by atoms with E-state index >= 15 is 0 Å². The molecule has 0 saturated carbocycles. The molecule has 0 bridgehead atoms. The van der Waals surface area contributed by atoms with Crippen LogP contribution >= 0.6 is 15.6 Å². The van der Waals surface area contributed by atoms with Gasteiger partial charge >= 0.3 is 39.5 Å². The van der Waals surface area contributed by atoms with Crippen LogP contribution in [0.4, 0.5) is 0 Å². The molecule has 5 unspecified atom stereocenters. The average Bonchev–Trinajstić information content (AvgIpc) is 0.986. The second-order valence-corrected chi connectivity index (χ2v) is 32.2. The molecule has 0 aromatic heterocycles. The average molecular weight is 1420 g/mol. The molecule has 8 atom stereocenters. The number of hydrogen-bond acceptors (Lipinski definition) is 15. The van der Waals surface area contributed by atoms with Gasteiger partial charge in [-0.1, -0.05) is 344 Å². The molecule has 0 spiro atoms. The van der Waals surface area contributed by atoms with Crippen LogP contribution in [0.25, 0.3) is 0 Å². The number of phosphoric acid groups is 2. The highest BCUT2D eigenvalue weighted by Gasteiger charge is 2.30. The van der Waals surface area contributed by atoms with E-state index in [0.29, 0.717) is 25.7 Å². The highest BCUT2D eigenvalue weighted by molar-refractivity contribution is 7.47. The Morgan fingerprint density at radius 3 is 0.732 bits per heavy atom. The minimum atomic E-state index is -4.96. The summed E-state index contributed by atoms with van der Waals surface area (Å²) >= 11 is 0. The smallest absolute Gasteiger partial charge is 0.462 e. The van der Waals surface area contributed by atoms with Crippen LogP contribution in [0.3, 0.4) is 0 Å². The third kappa shape index (κ3) is 68.3. The lowest BCUT2D eigenvalue weighted by molar-refractivity contribution is -0.161. The SMILES string of the molecule is CCC(C)CCCCCCCCCCCCCCCCC(=O)OC[C@H](COP(=O)(O)OC[C@@H](O)COP(=O)(O)OC[C@@H](COC(=O)CCCCCCCCC(C)CC)OC(=O)CCCCCCCCCCC(C)C)OC(=O)CCCCCCCCCCCCCCCCC(C)CC. The van der Waals surface area contributed by atoms with Gasteiger partial charge in [0, 0.05) is 25.7 Å². The van der Waals surface area contributed by atoms with Crippen molar-refractivity contribution in [1.29, 1.82) is 0 Å². The van der Waals surface area contributed by atoms with Crippen LogP contribution in [-0.4, -0.2) is 96.7 Å². The number of aliphatic hydroxyl groups excluding tert-OH is 1. The van der Waals surface area contributed by atoms with E-state index in [9.17, 15) is 43.2 Å². The summed E-state index contributed by atoms with van der Waals surface area (Å²) in [6.45, 7) is 14.2. The highest BCUT2D eigenvalue weighted by Crippen LogP contribution is 2.45. The fourth-order valence-corrected chi connectivity index (χ4v) is 13.4. The molecule has 0 aliphatic rings. The number of ether oxygens (including phenoxy) is 4. The van der Waals surface area contributed by atoms with Crippen molar-refractivity contribution in [2.75, 3.05) is 39.6 Å². The zero-order chi connectivity index (χ0) is 71.7. The van der Waals surface area contributed by atoms with Crippen LogP contribution in [0.1, 0.15) is 396 Å². The molecule has 0 saturated heterocycles. The number of esters is 4. The predicted octanol–water partition coefficient (Wildman–Crippen LogP) is 22.8. The molecule has 0 aromatic rings. The Labute approximate surface area is 594 Å². The number of rotatable bonds is 75. The molecule has 3 N–H and O–H groups in total. The predicted molar refractivity (Wildman–Crippen MR) is 395 cm³/mol. The summed E-state index contributed by atoms with van der Waals surface area (Å²) in [5, 5.41) is 10.6. The Morgan fingerprint density at radius 2 is 0.495 bits per heavy atom. The van der Waals surface area contributed by atoms with E-state index in [1.54, 1.807) is 0 Å². The van der Waals surface area contributed by atoms with Gasteiger partial charge in [-0.15, -0.1) is 0 Å². The number of hydrogen-bond donors (Lipinski definition) is 3. The maximum atomic E-state index is 13.1. The first-order valence-electron chi connectivity index (χ1n) is 40.3. The van der Waals surface area contributed by atoms with Gasteiger partial charge in [0.2, 0.25) is 0 Å². The molecule has 17 nitrogen and oxygen atoms in total. The first kappa shape index (κ1) is 95.1. The maximum Gasteiger partial charge on any atom is 0.472 e. The summed E-state index contributed by atoms with van der Waals surface area (Å²) < 4.78 is 68.6. The number of carbonyl (C=O) groups is 4. The highest BCUT2D eigenvalue weighted by atomic mass is 31.2. The molecular weight excluding hydrogens is 1270 g/mol. The molecule has 0 aliphatic carbocycles. The third-order valence-electron chi connectivity index (χ3n) is 19.2. The van der Waals surface area contributed by atoms with E-state index in [0.717, 1.165) is 120 Å². The quantitative estimate of drug-likeness (QED) is 0.0222. The normalized spacial score (nSPS) is 14.9. The molecule has 0 aliphatic heterocycles. The zero-order valence-corrected chi connectivity index (χ0v) is 65.5. The van der Waals surface area contributed by atoms with Crippen molar-refractivity contribution in [3.05, 3.63) is 0 Å². The lowest BCUT2D eigenvalue weighted by atomic mass is 9.99. The third-order valence-corrected chi connectivity index (χ3v) is 21.1. The van der Waals surface area contributed by atoms with Crippen LogP contribution in [0.2, 0.25) is 0 Å². The van der Waals surface area contributed by atoms with Crippen molar-refractivity contribution in [3.63, 3.8) is 0 Å². The lowest BCUT2D eigenvalue weighted by Gasteiger charge is -2.21. The molecule has 0 amide bonds. The number of carbonyl (C=O) groups excluding carboxylic acids is 4. The van der Waals surface area contributed by atoms with Gasteiger partial charge < -0.3 is 33.8 Å². The van der Waals surface area contributed by atoms with Crippen molar-refractivity contribution < 1.29 is 80.2 Å². The number of phosphoric ester groups is 2. The molecule has 576 valence electrons. The Balaban J connectivity index is 5.24. The zero-order valence-electron chi connectivity index (χ0n) is 63.7. The van der Waals surface area contributed by atoms with Crippen LogP contribution in [0.15, 0.2) is 0 Å². The number of unbranched alkanes of at least 4 members (excludes halogenated alkanes) is 38. The largest absolute Gasteiger partial charge is 0.472 e. The van der Waals surface area contributed by atoms with Gasteiger partial charge in [-0.05, 0) is 49.4 Å². The van der Waals surface area contributed by atoms with E-state index in [1.807, 2.05) is 0 Å². The van der Waals surface area contributed by atoms with Crippen molar-refractivity contribution in [1.82, 2.24) is 0 Å². The molecule has 0 fully saturated rings. The minimum absolute atomic E-state index is 0.103. The molecule has 19 heteroatoms. The molecule has 0 radical (unpaired) electrons. The Morgan fingerprint density at radius 1 is 0.289 bits per heavy atom. The van der Waals surface area contributed by atoms with Gasteiger partial charge in [0.1, 0.15) is 19.3 Å². The van der Waals surface area contributed by atoms with E-state index in [4.69, 9.17) is 37.0 Å². The maximum absolute atomic E-state index is 13.1. The van der Waals surface area contributed by atoms with Crippen molar-refractivity contribution in [2.24, 2.45) is 23.7 Å². The fourth-order valence-electron chi connectivity index (χ4n) is 11.8. The second kappa shape index (κ2) is 67.2. The molecule has 0 aromatic carbocycles. The van der Waals surface area contributed by atoms with Crippen LogP contribution in [-0.2, 0) is 65.4 Å². The molecular formula is C78H152O17P2. The van der Waals surface area contributed by atoms with Crippen LogP contribution < -0.4 is 0 Å². The first-order chi connectivity index (χ1) is 46.7. The van der Waals surface area contributed by atoms with Crippen molar-refractivity contribution in [2.45, 2.75) is 414 Å². The summed E-state index contributed by atoms with van der Waals surface area (Å²) in [6.07, 6.45) is 52.7. The first-order valence-corrected chi connectivity index (χ1v) is 43.3. The van der Waals surface area contributed by atoms with E-state index in [-0.39, 0.29) is 25.7 Å². The second-order valence-electron chi connectivity index (χ2n) is 29.3. The Kier molecular flexibility index (Phi) is 65.9. The summed E-state index contributed by atoms with van der Waals surface area (Å²) in [7, 11) is -9.92. The van der Waals surface area contributed by atoms with Gasteiger partial charge in [0.15, 0.2) is 12.2 Å². The van der Waals surface area contributed by atoms with Gasteiger partial charge in [-0.3, -0.25) is 37.3 Å². The molecule has 97 heavy (non-hydrogen) atoms. The van der Waals surface area contributed by atoms with Crippen molar-refractivity contribution in [3.8, 4) is 0 Å². The minimum Gasteiger partial charge on any atom is -0.462 e. The Bertz CT molecular complexity index is 1910. The monoisotopic (exact) mass is 1420 g/mol. The van der Waals surface area contributed by atoms with E-state index in [2.05, 4.69) is 55.4 Å². The van der Waals surface area contributed by atoms with E-state index < -0.39 is 97.5 Å². The van der Waals surface area contributed by atoms with Crippen LogP contribution in [0.5, 0.6) is 0 Å². The molecule has 0 rings (SSSR count). The number of aliphatic hydroxyl groups is 1. The van der Waals surface area contributed by atoms with Gasteiger partial charge in [0.05, 0.1) is 26.4 Å². The van der Waals surface area contributed by atoms with Gasteiger partial charge in [-0.25, -0.2) is 9.13 Å². The van der Waals surface area contributed by atoms with Crippen LogP contribution in [0, 0.1) is 23.7 Å². The lowest BCUT2D eigenvalue weighted by Crippen LogP contribution is -2.30. The summed E-state index contributed by atoms with van der Waals surface area (Å²) in [5.74, 6) is 1.02.